The average molecular weight is 462 g/mol. The minimum absolute atomic E-state index is 0.190. The van der Waals surface area contributed by atoms with Gasteiger partial charge in [-0.2, -0.15) is 0 Å². The molecule has 2 N–H and O–H groups in total. The average Bonchev–Trinajstić information content (AvgIpc) is 2.81. The second kappa shape index (κ2) is 14.8. The third kappa shape index (κ3) is 9.61. The minimum Gasteiger partial charge on any atom is -0.344 e. The summed E-state index contributed by atoms with van der Waals surface area (Å²) in [7, 11) is 7.74. The van der Waals surface area contributed by atoms with E-state index < -0.39 is 17.9 Å². The summed E-state index contributed by atoms with van der Waals surface area (Å²) in [5, 5.41) is 0. The van der Waals surface area contributed by atoms with Gasteiger partial charge < -0.3 is 20.4 Å². The second-order valence-electron chi connectivity index (χ2n) is 8.89. The molecule has 2 atom stereocenters. The summed E-state index contributed by atoms with van der Waals surface area (Å²) in [5.74, 6) is -2.18. The molecule has 0 radical (unpaired) electrons. The first-order valence-electron chi connectivity index (χ1n) is 11.8. The number of hydrogen-bond donors (Lipinski definition) is 1. The van der Waals surface area contributed by atoms with E-state index in [4.69, 9.17) is 5.73 Å². The molecular formula is C25H43N5O3. The summed E-state index contributed by atoms with van der Waals surface area (Å²) in [4.78, 5) is 46.5. The number of nitrogens with two attached hydrogens (primary N) is 1. The molecule has 186 valence electrons. The number of likely N-dealkylation sites (N-methyl/N-ethyl adjacent to an activating group) is 3. The number of benzene rings is 1. The van der Waals surface area contributed by atoms with Crippen LogP contribution in [0.3, 0.4) is 0 Å². The third-order valence-corrected chi connectivity index (χ3v) is 5.89. The number of carbonyl (C=O) groups is 3. The number of rotatable bonds is 14. The van der Waals surface area contributed by atoms with Gasteiger partial charge in [0.05, 0.1) is 0 Å². The maximum atomic E-state index is 13.5. The van der Waals surface area contributed by atoms with E-state index in [2.05, 4.69) is 9.80 Å². The maximum absolute atomic E-state index is 13.5. The Morgan fingerprint density at radius 3 is 2.00 bits per heavy atom. The van der Waals surface area contributed by atoms with Gasteiger partial charge in [0.25, 0.3) is 0 Å². The van der Waals surface area contributed by atoms with E-state index in [-0.39, 0.29) is 24.8 Å². The van der Waals surface area contributed by atoms with Crippen molar-refractivity contribution in [3.8, 4) is 0 Å². The van der Waals surface area contributed by atoms with E-state index in [9.17, 15) is 14.4 Å². The van der Waals surface area contributed by atoms with Gasteiger partial charge in [0.1, 0.15) is 5.92 Å². The number of carbonyl (C=O) groups excluding carboxylic acids is 3. The van der Waals surface area contributed by atoms with Crippen molar-refractivity contribution in [3.63, 3.8) is 0 Å². The second-order valence-corrected chi connectivity index (χ2v) is 8.89. The minimum atomic E-state index is -1.07. The molecule has 1 aromatic carbocycles. The van der Waals surface area contributed by atoms with E-state index in [0.717, 1.165) is 18.7 Å². The Balaban J connectivity index is 2.93. The van der Waals surface area contributed by atoms with Crippen LogP contribution in [-0.4, -0.2) is 104 Å². The van der Waals surface area contributed by atoms with Crippen molar-refractivity contribution in [2.75, 3.05) is 60.9 Å². The SMILES string of the molecule is CCC(=O)N(CCc1ccccc1)C(=O)[C@@H](C(=O)N(C)CCN(C)CCN(C)C)[C@H](N)CC. The summed E-state index contributed by atoms with van der Waals surface area (Å²) >= 11 is 0. The van der Waals surface area contributed by atoms with Crippen LogP contribution in [0.5, 0.6) is 0 Å². The first-order valence-corrected chi connectivity index (χ1v) is 11.8. The molecular weight excluding hydrogens is 418 g/mol. The van der Waals surface area contributed by atoms with Crippen molar-refractivity contribution in [3.05, 3.63) is 35.9 Å². The molecule has 0 aliphatic carbocycles. The molecule has 0 heterocycles. The summed E-state index contributed by atoms with van der Waals surface area (Å²) in [6.45, 7) is 6.77. The Hall–Kier alpha value is -2.29. The Kier molecular flexibility index (Phi) is 12.9. The fraction of sp³-hybridized carbons (Fsp3) is 0.640. The van der Waals surface area contributed by atoms with Crippen LogP contribution in [0.25, 0.3) is 0 Å². The zero-order valence-corrected chi connectivity index (χ0v) is 21.3. The number of imide groups is 1. The van der Waals surface area contributed by atoms with Gasteiger partial charge in [-0.25, -0.2) is 0 Å². The molecule has 0 saturated heterocycles. The molecule has 0 fully saturated rings. The molecule has 8 heteroatoms. The summed E-state index contributed by atoms with van der Waals surface area (Å²) < 4.78 is 0. The van der Waals surface area contributed by atoms with Crippen LogP contribution < -0.4 is 5.73 Å². The highest BCUT2D eigenvalue weighted by molar-refractivity contribution is 6.07. The van der Waals surface area contributed by atoms with Crippen molar-refractivity contribution in [2.45, 2.75) is 39.2 Å². The first-order chi connectivity index (χ1) is 15.6. The van der Waals surface area contributed by atoms with E-state index in [1.807, 2.05) is 58.4 Å². The van der Waals surface area contributed by atoms with Crippen molar-refractivity contribution in [2.24, 2.45) is 11.7 Å². The molecule has 8 nitrogen and oxygen atoms in total. The molecule has 0 spiro atoms. The molecule has 0 aliphatic heterocycles. The number of hydrogen-bond acceptors (Lipinski definition) is 6. The normalized spacial score (nSPS) is 13.1. The van der Waals surface area contributed by atoms with Gasteiger partial charge in [0.15, 0.2) is 0 Å². The maximum Gasteiger partial charge on any atom is 0.243 e. The highest BCUT2D eigenvalue weighted by atomic mass is 16.2. The summed E-state index contributed by atoms with van der Waals surface area (Å²) in [6, 6.07) is 9.04. The largest absolute Gasteiger partial charge is 0.344 e. The third-order valence-electron chi connectivity index (χ3n) is 5.89. The van der Waals surface area contributed by atoms with E-state index in [0.29, 0.717) is 25.9 Å². The topological polar surface area (TPSA) is 90.2 Å². The highest BCUT2D eigenvalue weighted by Crippen LogP contribution is 2.16. The lowest BCUT2D eigenvalue weighted by Crippen LogP contribution is -2.54. The van der Waals surface area contributed by atoms with Gasteiger partial charge in [-0.1, -0.05) is 44.2 Å². The lowest BCUT2D eigenvalue weighted by molar-refractivity contribution is -0.152. The van der Waals surface area contributed by atoms with Crippen molar-refractivity contribution in [1.82, 2.24) is 19.6 Å². The van der Waals surface area contributed by atoms with Crippen LogP contribution in [-0.2, 0) is 20.8 Å². The van der Waals surface area contributed by atoms with Crippen molar-refractivity contribution >= 4 is 17.7 Å². The first kappa shape index (κ1) is 28.7. The smallest absolute Gasteiger partial charge is 0.243 e. The van der Waals surface area contributed by atoms with E-state index >= 15 is 0 Å². The molecule has 0 aliphatic rings. The Morgan fingerprint density at radius 1 is 0.848 bits per heavy atom. The Labute approximate surface area is 199 Å². The van der Waals surface area contributed by atoms with Crippen molar-refractivity contribution < 1.29 is 14.4 Å². The number of nitrogens with zero attached hydrogens (tertiary/aromatic N) is 4. The molecule has 1 rings (SSSR count). The van der Waals surface area contributed by atoms with Gasteiger partial charge >= 0.3 is 0 Å². The van der Waals surface area contributed by atoms with Crippen molar-refractivity contribution in [1.29, 1.82) is 0 Å². The van der Waals surface area contributed by atoms with Crippen LogP contribution in [0.15, 0.2) is 30.3 Å². The fourth-order valence-corrected chi connectivity index (χ4v) is 3.46. The predicted octanol–water partition coefficient (Wildman–Crippen LogP) is 1.30. The molecule has 0 saturated carbocycles. The van der Waals surface area contributed by atoms with Gasteiger partial charge in [-0.05, 0) is 39.5 Å². The van der Waals surface area contributed by atoms with E-state index in [1.165, 1.54) is 4.90 Å². The summed E-state index contributed by atoms with van der Waals surface area (Å²) in [5.41, 5.74) is 7.29. The number of amides is 3. The molecule has 0 bridgehead atoms. The van der Waals surface area contributed by atoms with E-state index in [1.54, 1.807) is 18.9 Å². The Morgan fingerprint density at radius 2 is 1.45 bits per heavy atom. The van der Waals surface area contributed by atoms with Gasteiger partial charge in [-0.15, -0.1) is 0 Å². The van der Waals surface area contributed by atoms with Crippen LogP contribution in [0, 0.1) is 5.92 Å². The molecule has 33 heavy (non-hydrogen) atoms. The van der Waals surface area contributed by atoms with Gasteiger partial charge in [0.2, 0.25) is 17.7 Å². The fourth-order valence-electron chi connectivity index (χ4n) is 3.46. The van der Waals surface area contributed by atoms with Crippen LogP contribution in [0.4, 0.5) is 0 Å². The van der Waals surface area contributed by atoms with Crippen LogP contribution in [0.2, 0.25) is 0 Å². The molecule has 0 aromatic heterocycles. The lowest BCUT2D eigenvalue weighted by atomic mass is 9.94. The quantitative estimate of drug-likeness (QED) is 0.420. The molecule has 0 unspecified atom stereocenters. The van der Waals surface area contributed by atoms with Crippen LogP contribution >= 0.6 is 0 Å². The monoisotopic (exact) mass is 461 g/mol. The predicted molar refractivity (Wildman–Crippen MR) is 133 cm³/mol. The van der Waals surface area contributed by atoms with Gasteiger partial charge in [-0.3, -0.25) is 19.3 Å². The zero-order valence-electron chi connectivity index (χ0n) is 21.3. The molecule has 3 amide bonds. The summed E-state index contributed by atoms with van der Waals surface area (Å²) in [6.07, 6.45) is 1.19. The highest BCUT2D eigenvalue weighted by Gasteiger charge is 2.38. The Bertz CT molecular complexity index is 741. The zero-order chi connectivity index (χ0) is 25.0. The molecule has 1 aromatic rings. The lowest BCUT2D eigenvalue weighted by Gasteiger charge is -2.31. The standard InChI is InChI=1S/C25H43N5O3/c1-7-21(26)23(24(32)29(6)19-18-28(5)17-16-27(3)4)25(33)30(22(31)8-2)15-14-20-12-10-9-11-13-20/h9-13,21,23H,7-8,14-19,26H2,1-6H3/t21-,23-/m1/s1. The van der Waals surface area contributed by atoms with Crippen LogP contribution in [0.1, 0.15) is 32.3 Å². The van der Waals surface area contributed by atoms with Gasteiger partial charge in [0, 0.05) is 52.2 Å².